The first-order valence-corrected chi connectivity index (χ1v) is 10.1. The van der Waals surface area contributed by atoms with Crippen molar-refractivity contribution in [1.29, 1.82) is 0 Å². The van der Waals surface area contributed by atoms with E-state index in [0.717, 1.165) is 15.4 Å². The monoisotopic (exact) mass is 377 g/mol. The third-order valence-electron chi connectivity index (χ3n) is 3.67. The lowest BCUT2D eigenvalue weighted by Gasteiger charge is -2.07. The number of aliphatic hydroxyl groups is 1. The smallest absolute Gasteiger partial charge is 0.240 e. The zero-order valence-corrected chi connectivity index (χ0v) is 15.3. The Hall–Kier alpha value is -2.00. The maximum absolute atomic E-state index is 12.4. The lowest BCUT2D eigenvalue weighted by atomic mass is 10.3. The topological polar surface area (TPSA) is 84.2 Å². The van der Waals surface area contributed by atoms with Crippen LogP contribution in [0.5, 0.6) is 0 Å². The van der Waals surface area contributed by atoms with Crippen LogP contribution in [0.2, 0.25) is 0 Å². The molecule has 0 amide bonds. The number of benzene rings is 1. The normalized spacial score (nSPS) is 13.0. The van der Waals surface area contributed by atoms with Crippen molar-refractivity contribution in [2.45, 2.75) is 24.3 Å². The summed E-state index contributed by atoms with van der Waals surface area (Å²) in [5, 5.41) is 13.6. The summed E-state index contributed by atoms with van der Waals surface area (Å²) in [7, 11) is -3.55. The minimum absolute atomic E-state index is 0.222. The highest BCUT2D eigenvalue weighted by molar-refractivity contribution is 7.89. The molecule has 1 aromatic carbocycles. The molecule has 3 aromatic rings. The maximum atomic E-state index is 12.4. The first-order valence-electron chi connectivity index (χ1n) is 7.82. The van der Waals surface area contributed by atoms with Gasteiger partial charge < -0.3 is 5.11 Å². The Morgan fingerprint density at radius 2 is 2.00 bits per heavy atom. The molecule has 2 heterocycles. The van der Waals surface area contributed by atoms with Crippen LogP contribution >= 0.6 is 11.3 Å². The summed E-state index contributed by atoms with van der Waals surface area (Å²) >= 11 is 1.49. The van der Waals surface area contributed by atoms with Crippen LogP contribution in [0.4, 0.5) is 0 Å². The van der Waals surface area contributed by atoms with Crippen molar-refractivity contribution in [3.8, 4) is 5.69 Å². The minimum Gasteiger partial charge on any atom is -0.388 e. The summed E-state index contributed by atoms with van der Waals surface area (Å²) in [6, 6.07) is 12.2. The number of hydrogen-bond acceptors (Lipinski definition) is 5. The molecule has 0 saturated heterocycles. The number of nitrogens with one attached hydrogen (secondary N) is 1. The Labute approximate surface area is 150 Å². The van der Waals surface area contributed by atoms with Crippen LogP contribution < -0.4 is 4.72 Å². The fourth-order valence-electron chi connectivity index (χ4n) is 2.34. The van der Waals surface area contributed by atoms with Crippen LogP contribution in [-0.4, -0.2) is 29.8 Å². The van der Waals surface area contributed by atoms with Crippen molar-refractivity contribution >= 4 is 21.4 Å². The fraction of sp³-hybridized carbons (Fsp3) is 0.235. The highest BCUT2D eigenvalue weighted by Crippen LogP contribution is 2.23. The van der Waals surface area contributed by atoms with Gasteiger partial charge in [0, 0.05) is 28.7 Å². The van der Waals surface area contributed by atoms with Crippen LogP contribution in [-0.2, 0) is 16.4 Å². The van der Waals surface area contributed by atoms with Gasteiger partial charge in [0.2, 0.25) is 10.0 Å². The quantitative estimate of drug-likeness (QED) is 0.663. The molecule has 2 aromatic heterocycles. The van der Waals surface area contributed by atoms with E-state index in [1.165, 1.54) is 11.3 Å². The molecule has 0 bridgehead atoms. The van der Waals surface area contributed by atoms with E-state index in [9.17, 15) is 13.5 Å². The molecule has 0 saturated carbocycles. The van der Waals surface area contributed by atoms with Gasteiger partial charge in [-0.3, -0.25) is 0 Å². The fourth-order valence-corrected chi connectivity index (χ4v) is 4.33. The van der Waals surface area contributed by atoms with Crippen molar-refractivity contribution in [3.05, 3.63) is 64.6 Å². The van der Waals surface area contributed by atoms with Crippen molar-refractivity contribution in [2.75, 3.05) is 6.54 Å². The van der Waals surface area contributed by atoms with E-state index in [2.05, 4.69) is 9.82 Å². The van der Waals surface area contributed by atoms with Gasteiger partial charge >= 0.3 is 0 Å². The molecule has 0 unspecified atom stereocenters. The number of sulfonamides is 1. The van der Waals surface area contributed by atoms with Crippen molar-refractivity contribution in [3.63, 3.8) is 0 Å². The molecule has 0 radical (unpaired) electrons. The maximum Gasteiger partial charge on any atom is 0.240 e. The third kappa shape index (κ3) is 4.35. The summed E-state index contributed by atoms with van der Waals surface area (Å²) in [6.45, 7) is 2.02. The number of nitrogens with zero attached hydrogens (tertiary/aromatic N) is 2. The van der Waals surface area contributed by atoms with Gasteiger partial charge in [0.1, 0.15) is 0 Å². The van der Waals surface area contributed by atoms with Gasteiger partial charge in [-0.1, -0.05) is 0 Å². The lowest BCUT2D eigenvalue weighted by Crippen LogP contribution is -2.25. The zero-order chi connectivity index (χ0) is 17.9. The highest BCUT2D eigenvalue weighted by Gasteiger charge is 2.14. The van der Waals surface area contributed by atoms with E-state index in [0.29, 0.717) is 13.0 Å². The Balaban J connectivity index is 1.61. The molecule has 0 aliphatic rings. The second kappa shape index (κ2) is 7.49. The third-order valence-corrected chi connectivity index (χ3v) is 6.47. The predicted octanol–water partition coefficient (Wildman–Crippen LogP) is 2.51. The molecule has 6 nitrogen and oxygen atoms in total. The van der Waals surface area contributed by atoms with Crippen LogP contribution in [0.1, 0.15) is 22.8 Å². The van der Waals surface area contributed by atoms with Gasteiger partial charge in [0.05, 0.1) is 16.7 Å². The average molecular weight is 377 g/mol. The predicted molar refractivity (Wildman–Crippen MR) is 97.4 cm³/mol. The molecule has 1 atom stereocenters. The molecule has 25 heavy (non-hydrogen) atoms. The van der Waals surface area contributed by atoms with Crippen molar-refractivity contribution in [1.82, 2.24) is 14.5 Å². The lowest BCUT2D eigenvalue weighted by molar-refractivity contribution is 0.203. The second-order valence-electron chi connectivity index (χ2n) is 5.57. The minimum atomic E-state index is -3.55. The first kappa shape index (κ1) is 17.8. The largest absolute Gasteiger partial charge is 0.388 e. The van der Waals surface area contributed by atoms with E-state index in [4.69, 9.17) is 0 Å². The van der Waals surface area contributed by atoms with E-state index >= 15 is 0 Å². The van der Waals surface area contributed by atoms with E-state index in [1.54, 1.807) is 54.3 Å². The molecule has 0 aliphatic carbocycles. The number of thiophene rings is 1. The van der Waals surface area contributed by atoms with Crippen LogP contribution in [0.25, 0.3) is 5.69 Å². The van der Waals surface area contributed by atoms with Crippen molar-refractivity contribution in [2.24, 2.45) is 0 Å². The molecular formula is C17H19N3O3S2. The second-order valence-corrected chi connectivity index (χ2v) is 8.54. The van der Waals surface area contributed by atoms with Crippen LogP contribution in [0.3, 0.4) is 0 Å². The Morgan fingerprint density at radius 3 is 2.60 bits per heavy atom. The van der Waals surface area contributed by atoms with Crippen LogP contribution in [0.15, 0.2) is 59.8 Å². The summed E-state index contributed by atoms with van der Waals surface area (Å²) in [5.74, 6) is 0. The van der Waals surface area contributed by atoms with Gasteiger partial charge in [0.25, 0.3) is 0 Å². The SMILES string of the molecule is C[C@H](O)c1ccc(CCNS(=O)(=O)c2ccc(-n3cccn3)cc2)s1. The van der Waals surface area contributed by atoms with Crippen LogP contribution in [0, 0.1) is 0 Å². The summed E-state index contributed by atoms with van der Waals surface area (Å²) in [4.78, 5) is 2.14. The molecule has 0 spiro atoms. The summed E-state index contributed by atoms with van der Waals surface area (Å²) < 4.78 is 29.0. The standard InChI is InChI=1S/C17H19N3O3S2/c1-13(21)17-8-5-15(24-17)9-11-19-25(22,23)16-6-3-14(4-7-16)20-12-2-10-18-20/h2-8,10,12-13,19,21H,9,11H2,1H3/t13-/m0/s1. The Morgan fingerprint density at radius 1 is 1.24 bits per heavy atom. The molecule has 3 rings (SSSR count). The van der Waals surface area contributed by atoms with Gasteiger partial charge in [-0.2, -0.15) is 5.10 Å². The Bertz CT molecular complexity index is 914. The van der Waals surface area contributed by atoms with Gasteiger partial charge in [0.15, 0.2) is 0 Å². The van der Waals surface area contributed by atoms with Crippen molar-refractivity contribution < 1.29 is 13.5 Å². The molecule has 132 valence electrons. The number of aliphatic hydroxyl groups excluding tert-OH is 1. The van der Waals surface area contributed by atoms with E-state index < -0.39 is 16.1 Å². The average Bonchev–Trinajstić information content (AvgIpc) is 3.27. The number of rotatable bonds is 7. The Kier molecular flexibility index (Phi) is 5.33. The first-order chi connectivity index (χ1) is 12.0. The molecular weight excluding hydrogens is 358 g/mol. The number of aromatic nitrogens is 2. The van der Waals surface area contributed by atoms with E-state index in [-0.39, 0.29) is 4.90 Å². The van der Waals surface area contributed by atoms with Gasteiger partial charge in [-0.15, -0.1) is 11.3 Å². The molecule has 2 N–H and O–H groups in total. The summed E-state index contributed by atoms with van der Waals surface area (Å²) in [5.41, 5.74) is 0.799. The highest BCUT2D eigenvalue weighted by atomic mass is 32.2. The molecule has 0 aliphatic heterocycles. The van der Waals surface area contributed by atoms with E-state index in [1.807, 2.05) is 12.1 Å². The molecule has 8 heteroatoms. The summed E-state index contributed by atoms with van der Waals surface area (Å²) in [6.07, 6.45) is 3.55. The van der Waals surface area contributed by atoms with Gasteiger partial charge in [-0.25, -0.2) is 17.8 Å². The number of hydrogen-bond donors (Lipinski definition) is 2. The molecule has 0 fully saturated rings. The van der Waals surface area contributed by atoms with Gasteiger partial charge in [-0.05, 0) is 55.8 Å². The zero-order valence-electron chi connectivity index (χ0n) is 13.7.